The normalized spacial score (nSPS) is 16.4. The van der Waals surface area contributed by atoms with Crippen LogP contribution in [0.1, 0.15) is 45.2 Å². The van der Waals surface area contributed by atoms with Crippen LogP contribution in [0.25, 0.3) is 5.57 Å². The molecule has 2 rings (SSSR count). The summed E-state index contributed by atoms with van der Waals surface area (Å²) in [4.78, 5) is 0. The predicted octanol–water partition coefficient (Wildman–Crippen LogP) is 5.52. The Hall–Kier alpha value is -1.56. The van der Waals surface area contributed by atoms with E-state index in [9.17, 15) is 0 Å². The Morgan fingerprint density at radius 1 is 1.17 bits per heavy atom. The molecule has 0 spiro atoms. The highest BCUT2D eigenvalue weighted by Crippen LogP contribution is 2.47. The first-order chi connectivity index (χ1) is 8.59. The molecule has 0 N–H and O–H groups in total. The third-order valence-corrected chi connectivity index (χ3v) is 3.77. The molecule has 0 amide bonds. The van der Waals surface area contributed by atoms with Crippen LogP contribution in [-0.2, 0) is 5.41 Å². The lowest BCUT2D eigenvalue weighted by molar-refractivity contribution is 0.625. The molecule has 1 aliphatic carbocycles. The lowest BCUT2D eigenvalue weighted by Gasteiger charge is -2.24. The third-order valence-electron chi connectivity index (χ3n) is 3.77. The minimum absolute atomic E-state index is 0.195. The summed E-state index contributed by atoms with van der Waals surface area (Å²) in [6, 6.07) is 8.79. The van der Waals surface area contributed by atoms with Gasteiger partial charge < -0.3 is 0 Å². The molecule has 0 saturated heterocycles. The average Bonchev–Trinajstić information content (AvgIpc) is 2.59. The van der Waals surface area contributed by atoms with Crippen LogP contribution in [0.5, 0.6) is 0 Å². The van der Waals surface area contributed by atoms with E-state index in [-0.39, 0.29) is 5.41 Å². The summed E-state index contributed by atoms with van der Waals surface area (Å²) in [5.74, 6) is 0. The second kappa shape index (κ2) is 5.86. The van der Waals surface area contributed by atoms with Gasteiger partial charge in [-0.2, -0.15) is 0 Å². The second-order valence-electron chi connectivity index (χ2n) is 5.05. The van der Waals surface area contributed by atoms with Gasteiger partial charge in [0, 0.05) is 5.41 Å². The molecule has 0 radical (unpaired) electrons. The minimum Gasteiger partial charge on any atom is -0.106 e. The molecular formula is C18H24. The molecule has 1 aromatic rings. The number of fused-ring (bicyclic) bond motifs is 1. The topological polar surface area (TPSA) is 0 Å². The van der Waals surface area contributed by atoms with Gasteiger partial charge in [-0.1, -0.05) is 55.8 Å². The van der Waals surface area contributed by atoms with Gasteiger partial charge in [0.15, 0.2) is 0 Å². The van der Waals surface area contributed by atoms with E-state index in [0.29, 0.717) is 0 Å². The molecule has 0 saturated carbocycles. The van der Waals surface area contributed by atoms with Crippen molar-refractivity contribution in [2.45, 2.75) is 39.5 Å². The maximum atomic E-state index is 3.00. The van der Waals surface area contributed by atoms with Gasteiger partial charge in [-0.3, -0.25) is 0 Å². The zero-order valence-corrected chi connectivity index (χ0v) is 12.1. The summed E-state index contributed by atoms with van der Waals surface area (Å²) < 4.78 is 0. The van der Waals surface area contributed by atoms with E-state index in [1.165, 1.54) is 16.7 Å². The summed E-state index contributed by atoms with van der Waals surface area (Å²) in [5.41, 5.74) is 6.14. The lowest BCUT2D eigenvalue weighted by atomic mass is 9.80. The number of hydrogen-bond donors (Lipinski definition) is 0. The van der Waals surface area contributed by atoms with Crippen molar-refractivity contribution in [3.05, 3.63) is 66.3 Å². The number of hydrogen-bond acceptors (Lipinski definition) is 0. The van der Waals surface area contributed by atoms with E-state index in [1.54, 1.807) is 5.57 Å². The fraction of sp³-hybridized carbons (Fsp3) is 0.333. The zero-order valence-electron chi connectivity index (χ0n) is 12.1. The SMILES string of the molecule is C/C=C\CC1=C(C)c2ccccc2C1(C)C.C=C. The van der Waals surface area contributed by atoms with Crippen LogP contribution in [0.3, 0.4) is 0 Å². The van der Waals surface area contributed by atoms with Crippen LogP contribution in [0.15, 0.2) is 55.1 Å². The lowest BCUT2D eigenvalue weighted by Crippen LogP contribution is -2.16. The molecule has 0 aliphatic heterocycles. The standard InChI is InChI=1S/C16H20.C2H4/c1-5-6-10-14-12(2)13-9-7-8-11-15(13)16(14,3)4;1-2/h5-9,11H,10H2,1-4H3;1-2H2/b6-5-;. The van der Waals surface area contributed by atoms with E-state index in [2.05, 4.69) is 77.3 Å². The van der Waals surface area contributed by atoms with Crippen LogP contribution in [0.2, 0.25) is 0 Å². The summed E-state index contributed by atoms with van der Waals surface area (Å²) in [7, 11) is 0. The van der Waals surface area contributed by atoms with Gasteiger partial charge in [0.25, 0.3) is 0 Å². The molecule has 0 heteroatoms. The van der Waals surface area contributed by atoms with Crippen molar-refractivity contribution < 1.29 is 0 Å². The van der Waals surface area contributed by atoms with Crippen LogP contribution < -0.4 is 0 Å². The quantitative estimate of drug-likeness (QED) is 0.597. The maximum absolute atomic E-state index is 3.00. The summed E-state index contributed by atoms with van der Waals surface area (Å²) >= 11 is 0. The average molecular weight is 240 g/mol. The second-order valence-corrected chi connectivity index (χ2v) is 5.05. The first kappa shape index (κ1) is 14.5. The Morgan fingerprint density at radius 3 is 2.33 bits per heavy atom. The number of allylic oxidation sites excluding steroid dienone is 4. The smallest absolute Gasteiger partial charge is 0.0120 e. The molecule has 0 aromatic heterocycles. The van der Waals surface area contributed by atoms with Gasteiger partial charge in [0.1, 0.15) is 0 Å². The van der Waals surface area contributed by atoms with Crippen LogP contribution >= 0.6 is 0 Å². The first-order valence-corrected chi connectivity index (χ1v) is 6.50. The van der Waals surface area contributed by atoms with Gasteiger partial charge in [0.2, 0.25) is 0 Å². The van der Waals surface area contributed by atoms with Crippen LogP contribution in [0.4, 0.5) is 0 Å². The first-order valence-electron chi connectivity index (χ1n) is 6.50. The Labute approximate surface area is 112 Å². The fourth-order valence-corrected chi connectivity index (χ4v) is 2.79. The number of benzene rings is 1. The summed E-state index contributed by atoms with van der Waals surface area (Å²) in [6.45, 7) is 15.0. The van der Waals surface area contributed by atoms with Crippen LogP contribution in [-0.4, -0.2) is 0 Å². The Balaban J connectivity index is 0.000000771. The Morgan fingerprint density at radius 2 is 1.78 bits per heavy atom. The molecular weight excluding hydrogens is 216 g/mol. The van der Waals surface area contributed by atoms with E-state index < -0.39 is 0 Å². The highest BCUT2D eigenvalue weighted by molar-refractivity contribution is 5.78. The molecule has 0 unspecified atom stereocenters. The summed E-state index contributed by atoms with van der Waals surface area (Å²) in [5, 5.41) is 0. The fourth-order valence-electron chi connectivity index (χ4n) is 2.79. The van der Waals surface area contributed by atoms with Crippen LogP contribution in [0, 0.1) is 0 Å². The van der Waals surface area contributed by atoms with Crippen molar-refractivity contribution in [3.63, 3.8) is 0 Å². The third kappa shape index (κ3) is 2.33. The molecule has 18 heavy (non-hydrogen) atoms. The van der Waals surface area contributed by atoms with Gasteiger partial charge in [-0.25, -0.2) is 0 Å². The summed E-state index contributed by atoms with van der Waals surface area (Å²) in [6.07, 6.45) is 5.47. The van der Waals surface area contributed by atoms with Gasteiger partial charge >= 0.3 is 0 Å². The van der Waals surface area contributed by atoms with Crippen molar-refractivity contribution in [1.29, 1.82) is 0 Å². The largest absolute Gasteiger partial charge is 0.106 e. The zero-order chi connectivity index (χ0) is 13.8. The predicted molar refractivity (Wildman–Crippen MR) is 82.7 cm³/mol. The monoisotopic (exact) mass is 240 g/mol. The Kier molecular flexibility index (Phi) is 4.72. The molecule has 0 fully saturated rings. The molecule has 0 nitrogen and oxygen atoms in total. The van der Waals surface area contributed by atoms with E-state index in [1.807, 2.05) is 0 Å². The van der Waals surface area contributed by atoms with Gasteiger partial charge in [-0.05, 0) is 37.0 Å². The molecule has 1 aliphatic rings. The van der Waals surface area contributed by atoms with Crippen molar-refractivity contribution in [3.8, 4) is 0 Å². The highest BCUT2D eigenvalue weighted by atomic mass is 14.4. The Bertz CT molecular complexity index is 473. The number of rotatable bonds is 2. The van der Waals surface area contributed by atoms with Gasteiger partial charge in [0.05, 0.1) is 0 Å². The van der Waals surface area contributed by atoms with Gasteiger partial charge in [-0.15, -0.1) is 13.2 Å². The van der Waals surface area contributed by atoms with Crippen molar-refractivity contribution in [1.82, 2.24) is 0 Å². The molecule has 0 heterocycles. The molecule has 0 atom stereocenters. The maximum Gasteiger partial charge on any atom is 0.0120 e. The molecule has 1 aromatic carbocycles. The van der Waals surface area contributed by atoms with Crippen molar-refractivity contribution in [2.75, 3.05) is 0 Å². The molecule has 96 valence electrons. The van der Waals surface area contributed by atoms with E-state index >= 15 is 0 Å². The van der Waals surface area contributed by atoms with E-state index in [4.69, 9.17) is 0 Å². The highest BCUT2D eigenvalue weighted by Gasteiger charge is 2.34. The van der Waals surface area contributed by atoms with Crippen molar-refractivity contribution in [2.24, 2.45) is 0 Å². The van der Waals surface area contributed by atoms with Crippen molar-refractivity contribution >= 4 is 5.57 Å². The van der Waals surface area contributed by atoms with E-state index in [0.717, 1.165) is 6.42 Å². The molecule has 0 bridgehead atoms. The minimum atomic E-state index is 0.195.